The van der Waals surface area contributed by atoms with E-state index in [-0.39, 0.29) is 0 Å². The van der Waals surface area contributed by atoms with Gasteiger partial charge in [0, 0.05) is 0 Å². The number of aryl methyl sites for hydroxylation is 1. The number of nitrogens with zero attached hydrogens (tertiary/aromatic N) is 1. The minimum atomic E-state index is 0.579. The maximum absolute atomic E-state index is 3.31. The predicted molar refractivity (Wildman–Crippen MR) is 67.7 cm³/mol. The second-order valence-electron chi connectivity index (χ2n) is 5.19. The van der Waals surface area contributed by atoms with Crippen molar-refractivity contribution < 1.29 is 4.57 Å². The molecule has 0 saturated carbocycles. The topological polar surface area (TPSA) is 19.7 Å². The number of aromatic amines is 1. The molecule has 0 aliphatic rings. The van der Waals surface area contributed by atoms with E-state index in [0.29, 0.717) is 11.8 Å². The molecule has 16 heavy (non-hydrogen) atoms. The quantitative estimate of drug-likeness (QED) is 0.745. The van der Waals surface area contributed by atoms with Crippen LogP contribution in [-0.2, 0) is 7.05 Å². The average molecular weight is 217 g/mol. The summed E-state index contributed by atoms with van der Waals surface area (Å²) in [4.78, 5) is 3.31. The van der Waals surface area contributed by atoms with E-state index in [4.69, 9.17) is 0 Å². The fourth-order valence-electron chi connectivity index (χ4n) is 2.26. The van der Waals surface area contributed by atoms with Gasteiger partial charge in [0.15, 0.2) is 11.0 Å². The highest BCUT2D eigenvalue weighted by molar-refractivity contribution is 5.74. The van der Waals surface area contributed by atoms with Crippen molar-refractivity contribution in [1.29, 1.82) is 0 Å². The molecule has 0 unspecified atom stereocenters. The SMILES string of the molecule is CC(C)c1cc2[nH]c[n+](C)c2cc1C(C)C. The molecule has 0 aliphatic heterocycles. The van der Waals surface area contributed by atoms with Crippen molar-refractivity contribution in [2.45, 2.75) is 39.5 Å². The lowest BCUT2D eigenvalue weighted by atomic mass is 9.90. The normalized spacial score (nSPS) is 11.9. The maximum Gasteiger partial charge on any atom is 0.242 e. The van der Waals surface area contributed by atoms with Crippen LogP contribution in [0.25, 0.3) is 11.0 Å². The average Bonchev–Trinajstić information content (AvgIpc) is 2.58. The van der Waals surface area contributed by atoms with E-state index in [1.54, 1.807) is 0 Å². The molecule has 1 N–H and O–H groups in total. The molecule has 2 aromatic rings. The molecule has 0 bridgehead atoms. The molecule has 2 nitrogen and oxygen atoms in total. The Kier molecular flexibility index (Phi) is 2.75. The zero-order chi connectivity index (χ0) is 11.9. The van der Waals surface area contributed by atoms with Crippen LogP contribution in [0.4, 0.5) is 0 Å². The lowest BCUT2D eigenvalue weighted by Gasteiger charge is -2.15. The minimum absolute atomic E-state index is 0.579. The molecule has 0 fully saturated rings. The number of benzene rings is 1. The van der Waals surface area contributed by atoms with E-state index >= 15 is 0 Å². The smallest absolute Gasteiger partial charge is 0.242 e. The number of fused-ring (bicyclic) bond motifs is 1. The van der Waals surface area contributed by atoms with Gasteiger partial charge in [0.05, 0.1) is 7.05 Å². The third-order valence-electron chi connectivity index (χ3n) is 3.24. The van der Waals surface area contributed by atoms with Gasteiger partial charge in [-0.1, -0.05) is 27.7 Å². The van der Waals surface area contributed by atoms with Crippen LogP contribution in [0.1, 0.15) is 50.7 Å². The number of hydrogen-bond acceptors (Lipinski definition) is 0. The van der Waals surface area contributed by atoms with E-state index in [2.05, 4.69) is 56.4 Å². The Hall–Kier alpha value is -1.31. The first-order valence-electron chi connectivity index (χ1n) is 6.01. The van der Waals surface area contributed by atoms with Crippen molar-refractivity contribution in [1.82, 2.24) is 4.98 Å². The van der Waals surface area contributed by atoms with Gasteiger partial charge in [-0.2, -0.15) is 0 Å². The monoisotopic (exact) mass is 217 g/mol. The fourth-order valence-corrected chi connectivity index (χ4v) is 2.26. The van der Waals surface area contributed by atoms with Gasteiger partial charge in [0.2, 0.25) is 6.33 Å². The molecule has 1 aromatic heterocycles. The van der Waals surface area contributed by atoms with Gasteiger partial charge >= 0.3 is 0 Å². The fraction of sp³-hybridized carbons (Fsp3) is 0.500. The third kappa shape index (κ3) is 1.73. The maximum atomic E-state index is 3.31. The van der Waals surface area contributed by atoms with Crippen LogP contribution in [0.2, 0.25) is 0 Å². The van der Waals surface area contributed by atoms with Crippen LogP contribution in [0.3, 0.4) is 0 Å². The highest BCUT2D eigenvalue weighted by Gasteiger charge is 2.15. The number of H-pyrrole nitrogens is 1. The zero-order valence-electron chi connectivity index (χ0n) is 10.8. The van der Waals surface area contributed by atoms with E-state index in [9.17, 15) is 0 Å². The Balaban J connectivity index is 2.73. The van der Waals surface area contributed by atoms with Crippen LogP contribution in [0.15, 0.2) is 18.5 Å². The van der Waals surface area contributed by atoms with Crippen LogP contribution >= 0.6 is 0 Å². The summed E-state index contributed by atoms with van der Waals surface area (Å²) in [6.07, 6.45) is 2.01. The molecule has 1 heterocycles. The van der Waals surface area contributed by atoms with Gasteiger partial charge in [-0.3, -0.25) is 0 Å². The first kappa shape index (κ1) is 11.2. The Morgan fingerprint density at radius 1 is 1.00 bits per heavy atom. The Morgan fingerprint density at radius 2 is 1.56 bits per heavy atom. The first-order valence-corrected chi connectivity index (χ1v) is 6.01. The van der Waals surface area contributed by atoms with Crippen molar-refractivity contribution >= 4 is 11.0 Å². The third-order valence-corrected chi connectivity index (χ3v) is 3.24. The molecular formula is C14H21N2+. The van der Waals surface area contributed by atoms with Crippen LogP contribution in [0.5, 0.6) is 0 Å². The van der Waals surface area contributed by atoms with Crippen LogP contribution in [0, 0.1) is 0 Å². The number of aromatic nitrogens is 2. The van der Waals surface area contributed by atoms with Crippen molar-refractivity contribution in [3.8, 4) is 0 Å². The van der Waals surface area contributed by atoms with Gasteiger partial charge in [0.25, 0.3) is 0 Å². The summed E-state index contributed by atoms with van der Waals surface area (Å²) in [6, 6.07) is 4.63. The van der Waals surface area contributed by atoms with E-state index in [0.717, 1.165) is 0 Å². The van der Waals surface area contributed by atoms with E-state index < -0.39 is 0 Å². The second-order valence-corrected chi connectivity index (χ2v) is 5.19. The predicted octanol–water partition coefficient (Wildman–Crippen LogP) is 3.24. The van der Waals surface area contributed by atoms with Gasteiger partial charge in [-0.05, 0) is 35.1 Å². The van der Waals surface area contributed by atoms with Gasteiger partial charge < -0.3 is 0 Å². The summed E-state index contributed by atoms with van der Waals surface area (Å²) in [5.41, 5.74) is 5.45. The summed E-state index contributed by atoms with van der Waals surface area (Å²) >= 11 is 0. The van der Waals surface area contributed by atoms with Crippen molar-refractivity contribution in [3.05, 3.63) is 29.6 Å². The van der Waals surface area contributed by atoms with Crippen molar-refractivity contribution in [3.63, 3.8) is 0 Å². The lowest BCUT2D eigenvalue weighted by Crippen LogP contribution is -2.25. The summed E-state index contributed by atoms with van der Waals surface area (Å²) in [6.45, 7) is 9.05. The highest BCUT2D eigenvalue weighted by atomic mass is 15.0. The summed E-state index contributed by atoms with van der Waals surface area (Å²) < 4.78 is 2.14. The molecule has 2 rings (SSSR count). The van der Waals surface area contributed by atoms with Crippen molar-refractivity contribution in [2.24, 2.45) is 7.05 Å². The molecule has 0 aliphatic carbocycles. The van der Waals surface area contributed by atoms with Gasteiger partial charge in [0.1, 0.15) is 0 Å². The Morgan fingerprint density at radius 3 is 2.12 bits per heavy atom. The second kappa shape index (κ2) is 3.93. The molecule has 86 valence electrons. The first-order chi connectivity index (χ1) is 7.50. The van der Waals surface area contributed by atoms with E-state index in [1.807, 2.05) is 6.33 Å². The molecule has 1 aromatic carbocycles. The van der Waals surface area contributed by atoms with Gasteiger partial charge in [-0.15, -0.1) is 0 Å². The zero-order valence-corrected chi connectivity index (χ0v) is 10.8. The number of rotatable bonds is 2. The summed E-state index contributed by atoms with van der Waals surface area (Å²) in [5, 5.41) is 0. The Bertz CT molecular complexity index is 507. The Labute approximate surface area is 97.3 Å². The molecule has 0 radical (unpaired) electrons. The number of imidazole rings is 1. The summed E-state index contributed by atoms with van der Waals surface area (Å²) in [5.74, 6) is 1.16. The van der Waals surface area contributed by atoms with Crippen LogP contribution in [-0.4, -0.2) is 4.98 Å². The minimum Gasteiger partial charge on any atom is -0.243 e. The van der Waals surface area contributed by atoms with Crippen molar-refractivity contribution in [2.75, 3.05) is 0 Å². The van der Waals surface area contributed by atoms with Crippen LogP contribution < -0.4 is 4.57 Å². The molecular weight excluding hydrogens is 196 g/mol. The van der Waals surface area contributed by atoms with E-state index in [1.165, 1.54) is 22.2 Å². The number of nitrogens with one attached hydrogen (secondary N) is 1. The standard InChI is InChI=1S/C14H20N2/c1-9(2)11-6-13-14(16(5)8-15-13)7-12(11)10(3)4/h6-10H,1-5H3/p+1. The molecule has 0 atom stereocenters. The molecule has 2 heteroatoms. The largest absolute Gasteiger partial charge is 0.243 e. The highest BCUT2D eigenvalue weighted by Crippen LogP contribution is 2.28. The number of hydrogen-bond donors (Lipinski definition) is 1. The van der Waals surface area contributed by atoms with Gasteiger partial charge in [-0.25, -0.2) is 9.55 Å². The lowest BCUT2D eigenvalue weighted by molar-refractivity contribution is -0.644. The molecule has 0 saturated heterocycles. The molecule has 0 amide bonds. The summed E-state index contributed by atoms with van der Waals surface area (Å²) in [7, 11) is 2.08. The molecule has 0 spiro atoms.